The summed E-state index contributed by atoms with van der Waals surface area (Å²) < 4.78 is 6.12. The van der Waals surface area contributed by atoms with Gasteiger partial charge in [-0.05, 0) is 29.8 Å². The van der Waals surface area contributed by atoms with Gasteiger partial charge in [0.2, 0.25) is 0 Å². The van der Waals surface area contributed by atoms with Crippen LogP contribution in [-0.4, -0.2) is 18.5 Å². The van der Waals surface area contributed by atoms with E-state index in [4.69, 9.17) is 4.74 Å². The van der Waals surface area contributed by atoms with E-state index in [1.165, 1.54) is 0 Å². The molecule has 0 spiro atoms. The number of rotatable bonds is 6. The van der Waals surface area contributed by atoms with Gasteiger partial charge in [0.15, 0.2) is 0 Å². The minimum Gasteiger partial charge on any atom is -0.461 e. The smallest absolute Gasteiger partial charge is 0.319 e. The molecule has 5 nitrogen and oxygen atoms in total. The van der Waals surface area contributed by atoms with E-state index < -0.39 is 0 Å². The number of amides is 2. The molecule has 6 heteroatoms. The summed E-state index contributed by atoms with van der Waals surface area (Å²) in [6, 6.07) is 16.3. The number of carbonyl (C=O) groups is 2. The highest BCUT2D eigenvalue weighted by atomic mass is 79.9. The molecule has 0 unspecified atom stereocenters. The average Bonchev–Trinajstić information content (AvgIpc) is 2.55. The first-order chi connectivity index (χ1) is 11.1. The van der Waals surface area contributed by atoms with Crippen LogP contribution in [0.2, 0.25) is 0 Å². The number of hydrogen-bond acceptors (Lipinski definition) is 3. The summed E-state index contributed by atoms with van der Waals surface area (Å²) in [6.45, 7) is 0.445. The molecule has 0 heterocycles. The van der Waals surface area contributed by atoms with Crippen molar-refractivity contribution in [3.05, 3.63) is 64.6 Å². The van der Waals surface area contributed by atoms with E-state index in [1.807, 2.05) is 42.5 Å². The number of urea groups is 1. The fourth-order valence-electron chi connectivity index (χ4n) is 1.79. The molecular formula is C17H17BrN2O3. The summed E-state index contributed by atoms with van der Waals surface area (Å²) in [5, 5.41) is 5.28. The molecule has 0 saturated heterocycles. The van der Waals surface area contributed by atoms with Crippen LogP contribution in [0.4, 0.5) is 10.5 Å². The number of benzene rings is 2. The first kappa shape index (κ1) is 17.0. The van der Waals surface area contributed by atoms with E-state index in [0.29, 0.717) is 5.69 Å². The lowest BCUT2D eigenvalue weighted by Gasteiger charge is -2.08. The molecular weight excluding hydrogens is 360 g/mol. The maximum Gasteiger partial charge on any atom is 0.319 e. The summed E-state index contributed by atoms with van der Waals surface area (Å²) >= 11 is 3.34. The second-order valence-electron chi connectivity index (χ2n) is 4.78. The van der Waals surface area contributed by atoms with Crippen LogP contribution in [-0.2, 0) is 16.1 Å². The summed E-state index contributed by atoms with van der Waals surface area (Å²) in [5.74, 6) is -0.354. The Balaban J connectivity index is 1.62. The number of para-hydroxylation sites is 1. The quantitative estimate of drug-likeness (QED) is 0.755. The predicted octanol–water partition coefficient (Wildman–Crippen LogP) is 3.70. The predicted molar refractivity (Wildman–Crippen MR) is 92.0 cm³/mol. The van der Waals surface area contributed by atoms with Crippen LogP contribution in [0.25, 0.3) is 0 Å². The zero-order chi connectivity index (χ0) is 16.5. The maximum atomic E-state index is 11.6. The molecule has 0 aliphatic rings. The van der Waals surface area contributed by atoms with Gasteiger partial charge in [0.25, 0.3) is 0 Å². The van der Waals surface area contributed by atoms with Gasteiger partial charge in [-0.2, -0.15) is 0 Å². The van der Waals surface area contributed by atoms with Gasteiger partial charge in [-0.3, -0.25) is 4.79 Å². The van der Waals surface area contributed by atoms with Crippen molar-refractivity contribution >= 4 is 33.6 Å². The molecule has 2 aromatic carbocycles. The molecule has 2 aromatic rings. The lowest BCUT2D eigenvalue weighted by molar-refractivity contribution is -0.144. The van der Waals surface area contributed by atoms with Gasteiger partial charge in [-0.15, -0.1) is 0 Å². The SMILES string of the molecule is O=C(NCCC(=O)OCc1ccc(Br)cc1)Nc1ccccc1. The highest BCUT2D eigenvalue weighted by Crippen LogP contribution is 2.11. The number of halogens is 1. The van der Waals surface area contributed by atoms with E-state index in [0.717, 1.165) is 10.0 Å². The zero-order valence-corrected chi connectivity index (χ0v) is 14.0. The van der Waals surface area contributed by atoms with E-state index in [9.17, 15) is 9.59 Å². The lowest BCUT2D eigenvalue weighted by Crippen LogP contribution is -2.30. The van der Waals surface area contributed by atoms with Crippen LogP contribution in [0, 0.1) is 0 Å². The van der Waals surface area contributed by atoms with Crippen molar-refractivity contribution in [3.63, 3.8) is 0 Å². The second kappa shape index (κ2) is 8.95. The zero-order valence-electron chi connectivity index (χ0n) is 12.4. The topological polar surface area (TPSA) is 67.4 Å². The second-order valence-corrected chi connectivity index (χ2v) is 5.70. The van der Waals surface area contributed by atoms with Crippen LogP contribution in [0.15, 0.2) is 59.1 Å². The molecule has 0 saturated carbocycles. The summed E-state index contributed by atoms with van der Waals surface area (Å²) in [7, 11) is 0. The number of anilines is 1. The molecule has 120 valence electrons. The number of nitrogens with one attached hydrogen (secondary N) is 2. The van der Waals surface area contributed by atoms with Crippen LogP contribution < -0.4 is 10.6 Å². The fourth-order valence-corrected chi connectivity index (χ4v) is 2.06. The Morgan fingerprint density at radius 2 is 1.70 bits per heavy atom. The third kappa shape index (κ3) is 6.52. The van der Waals surface area contributed by atoms with Crippen molar-refractivity contribution in [1.29, 1.82) is 0 Å². The molecule has 2 amide bonds. The van der Waals surface area contributed by atoms with Gasteiger partial charge in [0.1, 0.15) is 6.61 Å². The van der Waals surface area contributed by atoms with Gasteiger partial charge >= 0.3 is 12.0 Å². The molecule has 0 bridgehead atoms. The van der Waals surface area contributed by atoms with E-state index in [-0.39, 0.29) is 31.6 Å². The van der Waals surface area contributed by atoms with Crippen LogP contribution >= 0.6 is 15.9 Å². The van der Waals surface area contributed by atoms with Crippen molar-refractivity contribution in [2.45, 2.75) is 13.0 Å². The minimum atomic E-state index is -0.354. The van der Waals surface area contributed by atoms with Crippen molar-refractivity contribution in [1.82, 2.24) is 5.32 Å². The van der Waals surface area contributed by atoms with Crippen molar-refractivity contribution in [3.8, 4) is 0 Å². The van der Waals surface area contributed by atoms with Crippen molar-refractivity contribution in [2.24, 2.45) is 0 Å². The maximum absolute atomic E-state index is 11.6. The third-order valence-electron chi connectivity index (χ3n) is 2.96. The van der Waals surface area contributed by atoms with Crippen LogP contribution in [0.3, 0.4) is 0 Å². The summed E-state index contributed by atoms with van der Waals surface area (Å²) in [5.41, 5.74) is 1.61. The standard InChI is InChI=1S/C17H17BrN2O3/c18-14-8-6-13(7-9-14)12-23-16(21)10-11-19-17(22)20-15-4-2-1-3-5-15/h1-9H,10-12H2,(H2,19,20,22). The Kier molecular flexibility index (Phi) is 6.62. The molecule has 0 atom stereocenters. The van der Waals surface area contributed by atoms with Gasteiger partial charge in [0, 0.05) is 16.7 Å². The average molecular weight is 377 g/mol. The monoisotopic (exact) mass is 376 g/mol. The van der Waals surface area contributed by atoms with Gasteiger partial charge in [-0.1, -0.05) is 46.3 Å². The lowest BCUT2D eigenvalue weighted by atomic mass is 10.2. The van der Waals surface area contributed by atoms with Crippen LogP contribution in [0.5, 0.6) is 0 Å². The first-order valence-electron chi connectivity index (χ1n) is 7.13. The van der Waals surface area contributed by atoms with Crippen LogP contribution in [0.1, 0.15) is 12.0 Å². The fraction of sp³-hybridized carbons (Fsp3) is 0.176. The normalized spacial score (nSPS) is 9.96. The van der Waals surface area contributed by atoms with Crippen molar-refractivity contribution in [2.75, 3.05) is 11.9 Å². The highest BCUT2D eigenvalue weighted by Gasteiger charge is 2.06. The van der Waals surface area contributed by atoms with Crippen molar-refractivity contribution < 1.29 is 14.3 Å². The Hall–Kier alpha value is -2.34. The number of carbonyl (C=O) groups excluding carboxylic acids is 2. The molecule has 0 aliphatic heterocycles. The number of hydrogen-bond donors (Lipinski definition) is 2. The van der Waals surface area contributed by atoms with Gasteiger partial charge in [0.05, 0.1) is 6.42 Å². The van der Waals surface area contributed by atoms with Gasteiger partial charge < -0.3 is 15.4 Å². The molecule has 2 rings (SSSR count). The summed E-state index contributed by atoms with van der Waals surface area (Å²) in [6.07, 6.45) is 0.124. The number of esters is 1. The third-order valence-corrected chi connectivity index (χ3v) is 3.49. The Labute approximate surface area is 143 Å². The summed E-state index contributed by atoms with van der Waals surface area (Å²) in [4.78, 5) is 23.2. The minimum absolute atomic E-state index is 0.124. The molecule has 0 radical (unpaired) electrons. The molecule has 0 aromatic heterocycles. The molecule has 23 heavy (non-hydrogen) atoms. The first-order valence-corrected chi connectivity index (χ1v) is 7.93. The Bertz CT molecular complexity index is 645. The van der Waals surface area contributed by atoms with Gasteiger partial charge in [-0.25, -0.2) is 4.79 Å². The largest absolute Gasteiger partial charge is 0.461 e. The highest BCUT2D eigenvalue weighted by molar-refractivity contribution is 9.10. The van der Waals surface area contributed by atoms with E-state index in [2.05, 4.69) is 26.6 Å². The Morgan fingerprint density at radius 3 is 2.39 bits per heavy atom. The number of ether oxygens (including phenoxy) is 1. The Morgan fingerprint density at radius 1 is 1.00 bits per heavy atom. The molecule has 0 aliphatic carbocycles. The van der Waals surface area contributed by atoms with E-state index in [1.54, 1.807) is 12.1 Å². The van der Waals surface area contributed by atoms with E-state index >= 15 is 0 Å². The molecule has 0 fully saturated rings. The molecule has 2 N–H and O–H groups in total.